The molecule has 5 heterocycles. The van der Waals surface area contributed by atoms with Crippen LogP contribution in [-0.2, 0) is 25.7 Å². The molecule has 6 N–H and O–H groups in total. The number of carbonyl (C=O) groups is 4. The van der Waals surface area contributed by atoms with Gasteiger partial charge in [-0.1, -0.05) is 12.1 Å². The molecule has 2 unspecified atom stereocenters. The number of nitrogens with zero attached hydrogens (tertiary/aromatic N) is 5. The predicted octanol–water partition coefficient (Wildman–Crippen LogP) is -1.53. The lowest BCUT2D eigenvalue weighted by molar-refractivity contribution is -0.158. The Morgan fingerprint density at radius 2 is 2.12 bits per heavy atom. The first kappa shape index (κ1) is 28.5. The fraction of sp³-hybridized carbons (Fsp3) is 0.680. The van der Waals surface area contributed by atoms with Crippen molar-refractivity contribution in [1.29, 1.82) is 0 Å². The molecule has 40 heavy (non-hydrogen) atoms. The zero-order chi connectivity index (χ0) is 28.7. The molecule has 3 amide bonds. The lowest BCUT2D eigenvalue weighted by atomic mass is 9.78. The lowest BCUT2D eigenvalue weighted by Crippen LogP contribution is -2.66. The van der Waals surface area contributed by atoms with Crippen LogP contribution in [-0.4, -0.2) is 110 Å². The Balaban J connectivity index is 1.21. The smallest absolute Gasteiger partial charge is 0.353 e. The van der Waals surface area contributed by atoms with Crippen molar-refractivity contribution in [2.75, 3.05) is 33.2 Å². The number of carboxylic acid groups (broad SMARTS) is 1. The van der Waals surface area contributed by atoms with Gasteiger partial charge in [0, 0.05) is 48.3 Å². The van der Waals surface area contributed by atoms with Crippen molar-refractivity contribution >= 4 is 35.5 Å². The molecule has 0 bridgehead atoms. The average Bonchev–Trinajstić information content (AvgIpc) is 3.70. The van der Waals surface area contributed by atoms with Crippen LogP contribution in [0.5, 0.6) is 0 Å². The summed E-state index contributed by atoms with van der Waals surface area (Å²) in [4.78, 5) is 54.6. The van der Waals surface area contributed by atoms with Crippen LogP contribution in [0.2, 0.25) is 0 Å². The van der Waals surface area contributed by atoms with Crippen molar-refractivity contribution < 1.29 is 24.3 Å². The van der Waals surface area contributed by atoms with Crippen molar-refractivity contribution in [1.82, 2.24) is 40.7 Å². The summed E-state index contributed by atoms with van der Waals surface area (Å²) in [7, 11) is 1.67. The number of likely N-dealkylation sites (N-methyl/N-ethyl adjacent to an activating group) is 1. The predicted molar refractivity (Wildman–Crippen MR) is 145 cm³/mol. The standard InChI is InChI=1S/C25H37N9O5S/c1-12-20-19(13(2)29-18(35)9-27-3)24(37)34(20)21(25(38)39)22(12)40-16-6-17(28-8-16)23(36)32-5-4-15(11-32)33-10-14(7-26)30-31-33/h10,12-13,15-17,19-20,27-28H,4-9,11,26H2,1-3H3,(H,29,35)(H,38,39)/t12-,13-,15?,16?,17+,19-,20-/m1/s1. The Labute approximate surface area is 236 Å². The molecule has 0 saturated carbocycles. The number of nitrogens with two attached hydrogens (primary N) is 1. The van der Waals surface area contributed by atoms with Gasteiger partial charge in [0.05, 0.1) is 42.5 Å². The Kier molecular flexibility index (Phi) is 8.17. The molecule has 0 aliphatic carbocycles. The van der Waals surface area contributed by atoms with Crippen LogP contribution < -0.4 is 21.7 Å². The van der Waals surface area contributed by atoms with E-state index in [-0.39, 0.29) is 59.3 Å². The van der Waals surface area contributed by atoms with Crippen molar-refractivity contribution in [2.45, 2.75) is 62.7 Å². The minimum Gasteiger partial charge on any atom is -0.477 e. The normalized spacial score (nSPS) is 30.4. The molecule has 5 rings (SSSR count). The molecule has 0 aromatic carbocycles. The highest BCUT2D eigenvalue weighted by Crippen LogP contribution is 2.51. The molecule has 0 radical (unpaired) electrons. The number of likely N-dealkylation sites (tertiary alicyclic amines) is 1. The fourth-order valence-corrected chi connectivity index (χ4v) is 7.86. The summed E-state index contributed by atoms with van der Waals surface area (Å²) >= 11 is 1.45. The highest BCUT2D eigenvalue weighted by atomic mass is 32.2. The van der Waals surface area contributed by atoms with Gasteiger partial charge in [0.25, 0.3) is 0 Å². The van der Waals surface area contributed by atoms with E-state index in [1.54, 1.807) is 18.7 Å². The molecule has 7 atom stereocenters. The molecule has 218 valence electrons. The number of carboxylic acids is 1. The molecule has 4 aliphatic heterocycles. The van der Waals surface area contributed by atoms with Crippen molar-refractivity contribution in [2.24, 2.45) is 17.6 Å². The number of carbonyl (C=O) groups excluding carboxylic acids is 3. The number of aromatic nitrogens is 3. The van der Waals surface area contributed by atoms with Crippen LogP contribution in [0.3, 0.4) is 0 Å². The zero-order valence-electron chi connectivity index (χ0n) is 22.9. The Bertz CT molecular complexity index is 1220. The van der Waals surface area contributed by atoms with Gasteiger partial charge in [0.2, 0.25) is 17.7 Å². The van der Waals surface area contributed by atoms with E-state index in [0.29, 0.717) is 43.2 Å². The quantitative estimate of drug-likeness (QED) is 0.204. The Morgan fingerprint density at radius 1 is 1.35 bits per heavy atom. The second kappa shape index (κ2) is 11.5. The molecule has 3 fully saturated rings. The molecule has 0 spiro atoms. The minimum atomic E-state index is -1.14. The third-order valence-electron chi connectivity index (χ3n) is 8.35. The summed E-state index contributed by atoms with van der Waals surface area (Å²) in [6.45, 7) is 5.92. The van der Waals surface area contributed by atoms with Crippen LogP contribution >= 0.6 is 11.8 Å². The number of thioether (sulfide) groups is 1. The van der Waals surface area contributed by atoms with Gasteiger partial charge < -0.3 is 36.6 Å². The SMILES string of the molecule is CNCC(=O)N[C@H](C)[C@H]1C(=O)N2C(C(=O)O)=C(SC3CN[C@H](C(=O)N4CCC(n5cc(CN)nn5)C4)C3)[C@H](C)[C@H]12. The van der Waals surface area contributed by atoms with Gasteiger partial charge >= 0.3 is 5.97 Å². The summed E-state index contributed by atoms with van der Waals surface area (Å²) in [6, 6.07) is -1.04. The maximum atomic E-state index is 13.3. The zero-order valence-corrected chi connectivity index (χ0v) is 23.7. The highest BCUT2D eigenvalue weighted by molar-refractivity contribution is 8.03. The van der Waals surface area contributed by atoms with Crippen molar-refractivity contribution in [3.05, 3.63) is 22.5 Å². The van der Waals surface area contributed by atoms with Crippen LogP contribution in [0.15, 0.2) is 16.8 Å². The number of nitrogens with one attached hydrogen (secondary N) is 3. The monoisotopic (exact) mass is 575 g/mol. The Morgan fingerprint density at radius 3 is 2.80 bits per heavy atom. The molecule has 14 nitrogen and oxygen atoms in total. The minimum absolute atomic E-state index is 0.0124. The molecule has 1 aromatic rings. The maximum absolute atomic E-state index is 13.3. The lowest BCUT2D eigenvalue weighted by Gasteiger charge is -2.47. The number of β-lactam (4-membered cyclic amide) rings is 1. The van der Waals surface area contributed by atoms with Crippen LogP contribution in [0.4, 0.5) is 0 Å². The van der Waals surface area contributed by atoms with Gasteiger partial charge in [0.1, 0.15) is 5.70 Å². The van der Waals surface area contributed by atoms with Gasteiger partial charge in [-0.25, -0.2) is 9.48 Å². The average molecular weight is 576 g/mol. The molecule has 3 saturated heterocycles. The topological polar surface area (TPSA) is 188 Å². The second-order valence-electron chi connectivity index (χ2n) is 11.0. The van der Waals surface area contributed by atoms with Crippen LogP contribution in [0, 0.1) is 11.8 Å². The number of amides is 3. The number of fused-ring (bicyclic) bond motifs is 1. The van der Waals surface area contributed by atoms with E-state index in [9.17, 15) is 24.3 Å². The number of aliphatic carboxylic acids is 1. The molecular weight excluding hydrogens is 538 g/mol. The molecule has 4 aliphatic rings. The van der Waals surface area contributed by atoms with Gasteiger partial charge in [-0.3, -0.25) is 14.4 Å². The van der Waals surface area contributed by atoms with E-state index < -0.39 is 17.9 Å². The van der Waals surface area contributed by atoms with Crippen molar-refractivity contribution in [3.8, 4) is 0 Å². The number of rotatable bonds is 10. The fourth-order valence-electron chi connectivity index (χ4n) is 6.38. The van der Waals surface area contributed by atoms with Crippen LogP contribution in [0.25, 0.3) is 0 Å². The summed E-state index contributed by atoms with van der Waals surface area (Å²) < 4.78 is 1.78. The third kappa shape index (κ3) is 5.10. The largest absolute Gasteiger partial charge is 0.477 e. The van der Waals surface area contributed by atoms with Crippen LogP contribution in [0.1, 0.15) is 38.4 Å². The van der Waals surface area contributed by atoms with E-state index in [4.69, 9.17) is 5.73 Å². The van der Waals surface area contributed by atoms with Gasteiger partial charge in [-0.05, 0) is 26.8 Å². The number of hydrogen-bond donors (Lipinski definition) is 5. The van der Waals surface area contributed by atoms with E-state index in [2.05, 4.69) is 26.3 Å². The molecule has 15 heteroatoms. The second-order valence-corrected chi connectivity index (χ2v) is 12.3. The first-order valence-electron chi connectivity index (χ1n) is 13.7. The first-order valence-corrected chi connectivity index (χ1v) is 14.6. The summed E-state index contributed by atoms with van der Waals surface area (Å²) in [5.41, 5.74) is 6.37. The van der Waals surface area contributed by atoms with E-state index in [0.717, 1.165) is 6.42 Å². The number of hydrogen-bond acceptors (Lipinski definition) is 10. The highest BCUT2D eigenvalue weighted by Gasteiger charge is 2.60. The maximum Gasteiger partial charge on any atom is 0.353 e. The van der Waals surface area contributed by atoms with Gasteiger partial charge in [-0.2, -0.15) is 0 Å². The van der Waals surface area contributed by atoms with Gasteiger partial charge in [-0.15, -0.1) is 16.9 Å². The van der Waals surface area contributed by atoms with E-state index in [1.807, 2.05) is 18.0 Å². The first-order chi connectivity index (χ1) is 19.1. The van der Waals surface area contributed by atoms with E-state index >= 15 is 0 Å². The summed E-state index contributed by atoms with van der Waals surface area (Å²) in [5.74, 6) is -2.29. The van der Waals surface area contributed by atoms with E-state index in [1.165, 1.54) is 16.7 Å². The third-order valence-corrected chi connectivity index (χ3v) is 9.87. The summed E-state index contributed by atoms with van der Waals surface area (Å²) in [5, 5.41) is 27.2. The molecule has 1 aromatic heterocycles. The van der Waals surface area contributed by atoms with Crippen molar-refractivity contribution in [3.63, 3.8) is 0 Å². The Hall–Kier alpha value is -3.01. The summed E-state index contributed by atoms with van der Waals surface area (Å²) in [6.07, 6.45) is 3.18. The molecular formula is C25H37N9O5S. The van der Waals surface area contributed by atoms with Gasteiger partial charge in [0.15, 0.2) is 0 Å².